The van der Waals surface area contributed by atoms with Gasteiger partial charge in [0.2, 0.25) is 0 Å². The Labute approximate surface area is 145 Å². The van der Waals surface area contributed by atoms with Crippen LogP contribution >= 0.6 is 0 Å². The summed E-state index contributed by atoms with van der Waals surface area (Å²) < 4.78 is 14.2. The third kappa shape index (κ3) is 4.32. The van der Waals surface area contributed by atoms with Crippen molar-refractivity contribution in [3.05, 3.63) is 63.8 Å². The molecule has 2 atom stereocenters. The molecule has 1 aliphatic rings. The second kappa shape index (κ2) is 7.59. The summed E-state index contributed by atoms with van der Waals surface area (Å²) in [4.78, 5) is 24.5. The zero-order valence-electron chi connectivity index (χ0n) is 14.2. The van der Waals surface area contributed by atoms with Crippen molar-refractivity contribution >= 4 is 5.91 Å². The number of nitrogens with one attached hydrogen (secondary N) is 1. The van der Waals surface area contributed by atoms with Crippen LogP contribution in [0.4, 0.5) is 4.39 Å². The van der Waals surface area contributed by atoms with Gasteiger partial charge in [0.15, 0.2) is 0 Å². The maximum Gasteiger partial charge on any atom is 0.271 e. The average molecular weight is 343 g/mol. The smallest absolute Gasteiger partial charge is 0.271 e. The quantitative estimate of drug-likeness (QED) is 0.928. The van der Waals surface area contributed by atoms with Crippen LogP contribution in [0.5, 0.6) is 0 Å². The molecule has 0 aliphatic heterocycles. The molecule has 1 aromatic heterocycles. The van der Waals surface area contributed by atoms with E-state index in [1.54, 1.807) is 12.1 Å². The van der Waals surface area contributed by atoms with Crippen LogP contribution in [0.1, 0.15) is 48.7 Å². The number of hydrogen-bond donors (Lipinski definition) is 1. The Balaban J connectivity index is 1.75. The Bertz CT molecular complexity index is 801. The van der Waals surface area contributed by atoms with E-state index in [1.807, 2.05) is 0 Å². The van der Waals surface area contributed by atoms with Crippen molar-refractivity contribution < 1.29 is 9.18 Å². The lowest BCUT2D eigenvalue weighted by molar-refractivity contribution is 0.0902. The SMILES string of the molecule is CC1CCCCC1NC(=O)c1ccc(=O)n(Cc2ccc(F)cc2)n1. The second-order valence-electron chi connectivity index (χ2n) is 6.68. The lowest BCUT2D eigenvalue weighted by Gasteiger charge is -2.29. The predicted octanol–water partition coefficient (Wildman–Crippen LogP) is 2.74. The van der Waals surface area contributed by atoms with Crippen molar-refractivity contribution in [2.75, 3.05) is 0 Å². The standard InChI is InChI=1S/C19H22FN3O2/c1-13-4-2-3-5-16(13)21-19(25)17-10-11-18(24)23(22-17)12-14-6-8-15(20)9-7-14/h6-11,13,16H,2-5,12H2,1H3,(H,21,25). The first-order chi connectivity index (χ1) is 12.0. The molecule has 2 aromatic rings. The maximum atomic E-state index is 13.0. The van der Waals surface area contributed by atoms with E-state index in [-0.39, 0.29) is 35.6 Å². The molecule has 6 heteroatoms. The van der Waals surface area contributed by atoms with Crippen molar-refractivity contribution in [1.82, 2.24) is 15.1 Å². The van der Waals surface area contributed by atoms with Gasteiger partial charge in [-0.15, -0.1) is 0 Å². The van der Waals surface area contributed by atoms with E-state index < -0.39 is 0 Å². The molecule has 132 valence electrons. The normalized spacial score (nSPS) is 20.2. The van der Waals surface area contributed by atoms with E-state index in [4.69, 9.17) is 0 Å². The van der Waals surface area contributed by atoms with Crippen LogP contribution in [0.15, 0.2) is 41.2 Å². The van der Waals surface area contributed by atoms with Crippen LogP contribution in [0.2, 0.25) is 0 Å². The Morgan fingerprint density at radius 3 is 2.64 bits per heavy atom. The summed E-state index contributed by atoms with van der Waals surface area (Å²) >= 11 is 0. The summed E-state index contributed by atoms with van der Waals surface area (Å²) in [5.41, 5.74) is 0.667. The highest BCUT2D eigenvalue weighted by Crippen LogP contribution is 2.23. The Morgan fingerprint density at radius 2 is 1.92 bits per heavy atom. The Morgan fingerprint density at radius 1 is 1.20 bits per heavy atom. The van der Waals surface area contributed by atoms with Gasteiger partial charge in [-0.2, -0.15) is 5.10 Å². The van der Waals surface area contributed by atoms with Crippen molar-refractivity contribution in [3.8, 4) is 0 Å². The molecule has 0 spiro atoms. The van der Waals surface area contributed by atoms with Gasteiger partial charge in [-0.25, -0.2) is 9.07 Å². The van der Waals surface area contributed by atoms with Gasteiger partial charge in [0.05, 0.1) is 6.54 Å². The molecule has 1 fully saturated rings. The number of benzene rings is 1. The van der Waals surface area contributed by atoms with Crippen LogP contribution in [0, 0.1) is 11.7 Å². The molecule has 2 unspecified atom stereocenters. The van der Waals surface area contributed by atoms with Crippen molar-refractivity contribution in [2.45, 2.75) is 45.2 Å². The van der Waals surface area contributed by atoms with Crippen LogP contribution < -0.4 is 10.9 Å². The third-order valence-corrected chi connectivity index (χ3v) is 4.77. The van der Waals surface area contributed by atoms with Gasteiger partial charge in [0.25, 0.3) is 11.5 Å². The summed E-state index contributed by atoms with van der Waals surface area (Å²) in [5.74, 6) is -0.145. The van der Waals surface area contributed by atoms with Crippen LogP contribution in [-0.2, 0) is 6.54 Å². The first kappa shape index (κ1) is 17.3. The second-order valence-corrected chi connectivity index (χ2v) is 6.68. The first-order valence-electron chi connectivity index (χ1n) is 8.66. The summed E-state index contributed by atoms with van der Waals surface area (Å²) in [6.07, 6.45) is 4.41. The summed E-state index contributed by atoms with van der Waals surface area (Å²) in [7, 11) is 0. The number of aromatic nitrogens is 2. The summed E-state index contributed by atoms with van der Waals surface area (Å²) in [6, 6.07) is 8.81. The Kier molecular flexibility index (Phi) is 5.26. The summed E-state index contributed by atoms with van der Waals surface area (Å²) in [6.45, 7) is 2.34. The highest BCUT2D eigenvalue weighted by molar-refractivity contribution is 5.92. The maximum absolute atomic E-state index is 13.0. The van der Waals surface area contributed by atoms with Crippen molar-refractivity contribution in [2.24, 2.45) is 5.92 Å². The van der Waals surface area contributed by atoms with Crippen LogP contribution in [0.3, 0.4) is 0 Å². The molecule has 1 N–H and O–H groups in total. The molecular weight excluding hydrogens is 321 g/mol. The molecule has 0 bridgehead atoms. The molecule has 0 saturated heterocycles. The van der Waals surface area contributed by atoms with E-state index in [0.29, 0.717) is 5.92 Å². The minimum Gasteiger partial charge on any atom is -0.348 e. The van der Waals surface area contributed by atoms with E-state index in [2.05, 4.69) is 17.3 Å². The molecule has 1 aliphatic carbocycles. The largest absolute Gasteiger partial charge is 0.348 e. The monoisotopic (exact) mass is 343 g/mol. The van der Waals surface area contributed by atoms with E-state index in [1.165, 1.54) is 35.4 Å². The van der Waals surface area contributed by atoms with Crippen molar-refractivity contribution in [1.29, 1.82) is 0 Å². The van der Waals surface area contributed by atoms with Gasteiger partial charge < -0.3 is 5.32 Å². The lowest BCUT2D eigenvalue weighted by Crippen LogP contribution is -2.42. The number of hydrogen-bond acceptors (Lipinski definition) is 3. The number of halogens is 1. The Hall–Kier alpha value is -2.50. The minimum absolute atomic E-state index is 0.153. The van der Waals surface area contributed by atoms with Gasteiger partial charge in [0.1, 0.15) is 11.5 Å². The topological polar surface area (TPSA) is 64.0 Å². The zero-order valence-corrected chi connectivity index (χ0v) is 14.2. The molecule has 1 amide bonds. The molecule has 1 aromatic carbocycles. The fourth-order valence-corrected chi connectivity index (χ4v) is 3.22. The van der Waals surface area contributed by atoms with Gasteiger partial charge >= 0.3 is 0 Å². The van der Waals surface area contributed by atoms with E-state index >= 15 is 0 Å². The predicted molar refractivity (Wildman–Crippen MR) is 92.9 cm³/mol. The van der Waals surface area contributed by atoms with Gasteiger partial charge in [-0.05, 0) is 42.5 Å². The molecule has 1 heterocycles. The first-order valence-corrected chi connectivity index (χ1v) is 8.66. The highest BCUT2D eigenvalue weighted by atomic mass is 19.1. The number of nitrogens with zero attached hydrogens (tertiary/aromatic N) is 2. The minimum atomic E-state index is -0.334. The fourth-order valence-electron chi connectivity index (χ4n) is 3.22. The third-order valence-electron chi connectivity index (χ3n) is 4.77. The van der Waals surface area contributed by atoms with Crippen molar-refractivity contribution in [3.63, 3.8) is 0 Å². The molecule has 0 radical (unpaired) electrons. The highest BCUT2D eigenvalue weighted by Gasteiger charge is 2.23. The summed E-state index contributed by atoms with van der Waals surface area (Å²) in [5, 5.41) is 7.22. The van der Waals surface area contributed by atoms with E-state index in [9.17, 15) is 14.0 Å². The zero-order chi connectivity index (χ0) is 17.8. The lowest BCUT2D eigenvalue weighted by atomic mass is 9.86. The van der Waals surface area contributed by atoms with Crippen LogP contribution in [0.25, 0.3) is 0 Å². The van der Waals surface area contributed by atoms with Crippen LogP contribution in [-0.4, -0.2) is 21.7 Å². The number of amides is 1. The van der Waals surface area contributed by atoms with Gasteiger partial charge in [0, 0.05) is 12.1 Å². The van der Waals surface area contributed by atoms with Gasteiger partial charge in [-0.1, -0.05) is 31.9 Å². The number of carbonyl (C=O) groups excluding carboxylic acids is 1. The molecular formula is C19H22FN3O2. The molecule has 3 rings (SSSR count). The van der Waals surface area contributed by atoms with Gasteiger partial charge in [-0.3, -0.25) is 9.59 Å². The fraction of sp³-hybridized carbons (Fsp3) is 0.421. The average Bonchev–Trinajstić information content (AvgIpc) is 2.60. The molecule has 5 nitrogen and oxygen atoms in total. The number of rotatable bonds is 4. The molecule has 1 saturated carbocycles. The number of carbonyl (C=O) groups is 1. The molecule has 25 heavy (non-hydrogen) atoms. The van der Waals surface area contributed by atoms with E-state index in [0.717, 1.165) is 24.8 Å².